The van der Waals surface area contributed by atoms with Gasteiger partial charge in [-0.05, 0) is 17.5 Å². The molecule has 0 spiro atoms. The molecule has 1 N–H and O–H groups in total. The molecule has 0 bridgehead atoms. The molecule has 116 valence electrons. The van der Waals surface area contributed by atoms with Gasteiger partial charge in [0.1, 0.15) is 9.84 Å². The molecule has 1 aromatic rings. The first kappa shape index (κ1) is 16.0. The molecular weight excluding hydrogens is 288 g/mol. The number of carbonyl (C=O) groups excluding carboxylic acids is 1. The highest BCUT2D eigenvalue weighted by molar-refractivity contribution is 7.90. The van der Waals surface area contributed by atoms with E-state index < -0.39 is 9.84 Å². The van der Waals surface area contributed by atoms with Crippen molar-refractivity contribution in [3.63, 3.8) is 0 Å². The van der Waals surface area contributed by atoms with E-state index in [1.165, 1.54) is 11.1 Å². The van der Waals surface area contributed by atoms with E-state index in [2.05, 4.69) is 34.5 Å². The van der Waals surface area contributed by atoms with Crippen LogP contribution in [-0.2, 0) is 27.6 Å². The first-order chi connectivity index (χ1) is 9.94. The quantitative estimate of drug-likeness (QED) is 0.835. The van der Waals surface area contributed by atoms with Crippen molar-refractivity contribution in [2.45, 2.75) is 19.4 Å². The Hall–Kier alpha value is -1.40. The molecule has 0 aromatic heterocycles. The van der Waals surface area contributed by atoms with Crippen molar-refractivity contribution in [2.75, 3.05) is 31.6 Å². The number of hydrogen-bond donors (Lipinski definition) is 1. The van der Waals surface area contributed by atoms with Crippen molar-refractivity contribution in [3.8, 4) is 0 Å². The fourth-order valence-electron chi connectivity index (χ4n) is 2.46. The van der Waals surface area contributed by atoms with Gasteiger partial charge in [0.15, 0.2) is 0 Å². The van der Waals surface area contributed by atoms with Crippen molar-refractivity contribution in [3.05, 3.63) is 35.4 Å². The van der Waals surface area contributed by atoms with Gasteiger partial charge in [-0.3, -0.25) is 9.69 Å². The minimum atomic E-state index is -3.07. The Bertz CT molecular complexity index is 599. The minimum Gasteiger partial charge on any atom is -0.355 e. The molecule has 0 radical (unpaired) electrons. The monoisotopic (exact) mass is 310 g/mol. The molecule has 2 rings (SSSR count). The Morgan fingerprint density at radius 2 is 2.00 bits per heavy atom. The first-order valence-corrected chi connectivity index (χ1v) is 9.24. The normalized spacial score (nSPS) is 15.5. The molecule has 0 atom stereocenters. The lowest BCUT2D eigenvalue weighted by atomic mass is 10.00. The zero-order chi connectivity index (χ0) is 15.3. The van der Waals surface area contributed by atoms with Crippen LogP contribution >= 0.6 is 0 Å². The summed E-state index contributed by atoms with van der Waals surface area (Å²) in [5.41, 5.74) is 2.76. The number of hydrogen-bond acceptors (Lipinski definition) is 4. The van der Waals surface area contributed by atoms with Gasteiger partial charge in [-0.1, -0.05) is 24.3 Å². The number of fused-ring (bicyclic) bond motifs is 1. The maximum atomic E-state index is 11.5. The summed E-state index contributed by atoms with van der Waals surface area (Å²) in [7, 11) is -3.07. The average molecular weight is 310 g/mol. The van der Waals surface area contributed by atoms with E-state index in [9.17, 15) is 13.2 Å². The van der Waals surface area contributed by atoms with Gasteiger partial charge in [0, 0.05) is 38.9 Å². The summed E-state index contributed by atoms with van der Waals surface area (Å²) in [6.07, 6.45) is 2.23. The molecule has 21 heavy (non-hydrogen) atoms. The topological polar surface area (TPSA) is 66.5 Å². The van der Waals surface area contributed by atoms with Crippen LogP contribution in [0, 0.1) is 0 Å². The van der Waals surface area contributed by atoms with Gasteiger partial charge >= 0.3 is 0 Å². The van der Waals surface area contributed by atoms with Crippen molar-refractivity contribution < 1.29 is 13.2 Å². The summed E-state index contributed by atoms with van der Waals surface area (Å²) in [5.74, 6) is -0.284. The molecule has 6 heteroatoms. The van der Waals surface area contributed by atoms with Crippen LogP contribution in [-0.4, -0.2) is 50.9 Å². The molecule has 0 saturated carbocycles. The molecule has 1 aliphatic rings. The lowest BCUT2D eigenvalue weighted by molar-refractivity contribution is -0.120. The van der Waals surface area contributed by atoms with E-state index in [1.807, 2.05) is 0 Å². The molecule has 1 amide bonds. The molecule has 0 saturated heterocycles. The highest BCUT2D eigenvalue weighted by atomic mass is 32.2. The van der Waals surface area contributed by atoms with E-state index in [0.29, 0.717) is 6.54 Å². The van der Waals surface area contributed by atoms with Crippen LogP contribution in [0.3, 0.4) is 0 Å². The zero-order valence-electron chi connectivity index (χ0n) is 12.3. The van der Waals surface area contributed by atoms with Crippen molar-refractivity contribution in [2.24, 2.45) is 0 Å². The largest absolute Gasteiger partial charge is 0.355 e. The van der Waals surface area contributed by atoms with Crippen LogP contribution < -0.4 is 5.32 Å². The Morgan fingerprint density at radius 3 is 2.71 bits per heavy atom. The minimum absolute atomic E-state index is 0.0433. The van der Waals surface area contributed by atoms with Crippen LogP contribution in [0.5, 0.6) is 0 Å². The third-order valence-electron chi connectivity index (χ3n) is 3.66. The fraction of sp³-hybridized carbons (Fsp3) is 0.533. The second-order valence-electron chi connectivity index (χ2n) is 5.52. The zero-order valence-corrected chi connectivity index (χ0v) is 13.2. The summed E-state index contributed by atoms with van der Waals surface area (Å²) in [4.78, 5) is 13.8. The van der Waals surface area contributed by atoms with Crippen molar-refractivity contribution in [1.29, 1.82) is 0 Å². The van der Waals surface area contributed by atoms with E-state index >= 15 is 0 Å². The summed E-state index contributed by atoms with van der Waals surface area (Å²) in [6.45, 7) is 3.26. The van der Waals surface area contributed by atoms with Crippen LogP contribution in [0.4, 0.5) is 0 Å². The van der Waals surface area contributed by atoms with E-state index in [0.717, 1.165) is 32.3 Å². The van der Waals surface area contributed by atoms with E-state index in [-0.39, 0.29) is 18.1 Å². The molecular formula is C15H22N2O3S. The van der Waals surface area contributed by atoms with E-state index in [4.69, 9.17) is 0 Å². The van der Waals surface area contributed by atoms with Gasteiger partial charge in [-0.25, -0.2) is 8.42 Å². The van der Waals surface area contributed by atoms with Crippen molar-refractivity contribution in [1.82, 2.24) is 10.2 Å². The molecule has 1 aromatic carbocycles. The Balaban J connectivity index is 1.69. The molecule has 0 aliphatic carbocycles. The van der Waals surface area contributed by atoms with Gasteiger partial charge in [0.05, 0.1) is 5.75 Å². The van der Waals surface area contributed by atoms with E-state index in [1.54, 1.807) is 0 Å². The maximum Gasteiger partial charge on any atom is 0.221 e. The highest BCUT2D eigenvalue weighted by Gasteiger charge is 2.15. The Morgan fingerprint density at radius 1 is 1.29 bits per heavy atom. The first-order valence-electron chi connectivity index (χ1n) is 7.17. The van der Waals surface area contributed by atoms with Crippen molar-refractivity contribution >= 4 is 15.7 Å². The van der Waals surface area contributed by atoms with Crippen LogP contribution in [0.15, 0.2) is 24.3 Å². The molecule has 0 fully saturated rings. The van der Waals surface area contributed by atoms with Crippen LogP contribution in [0.2, 0.25) is 0 Å². The van der Waals surface area contributed by atoms with Gasteiger partial charge in [0.2, 0.25) is 5.91 Å². The predicted molar refractivity (Wildman–Crippen MR) is 82.8 cm³/mol. The summed E-state index contributed by atoms with van der Waals surface area (Å²) in [5, 5.41) is 2.78. The number of nitrogens with one attached hydrogen (secondary N) is 1. The van der Waals surface area contributed by atoms with Gasteiger partial charge in [-0.2, -0.15) is 0 Å². The SMILES string of the molecule is CS(=O)(=O)CCC(=O)NCCN1CCc2ccccc2C1. The summed E-state index contributed by atoms with van der Waals surface area (Å²) in [6, 6.07) is 8.43. The van der Waals surface area contributed by atoms with Gasteiger partial charge in [-0.15, -0.1) is 0 Å². The number of rotatable bonds is 6. The number of carbonyl (C=O) groups is 1. The lowest BCUT2D eigenvalue weighted by Gasteiger charge is -2.28. The second-order valence-corrected chi connectivity index (χ2v) is 7.78. The van der Waals surface area contributed by atoms with Crippen LogP contribution in [0.1, 0.15) is 17.5 Å². The Kier molecular flexibility index (Phi) is 5.36. The molecule has 5 nitrogen and oxygen atoms in total. The average Bonchev–Trinajstić information content (AvgIpc) is 2.44. The Labute approximate surface area is 126 Å². The molecule has 0 unspecified atom stereocenters. The summed E-state index contributed by atoms with van der Waals surface area (Å²) < 4.78 is 22.0. The fourth-order valence-corrected chi connectivity index (χ4v) is 3.02. The van der Waals surface area contributed by atoms with Crippen LogP contribution in [0.25, 0.3) is 0 Å². The number of amides is 1. The van der Waals surface area contributed by atoms with Gasteiger partial charge in [0.25, 0.3) is 0 Å². The third kappa shape index (κ3) is 5.47. The third-order valence-corrected chi connectivity index (χ3v) is 4.61. The maximum absolute atomic E-state index is 11.5. The standard InChI is InChI=1S/C15H22N2O3S/c1-21(19,20)11-7-15(18)16-8-10-17-9-6-13-4-2-3-5-14(13)12-17/h2-5H,6-12H2,1H3,(H,16,18). The molecule has 1 aliphatic heterocycles. The summed E-state index contributed by atoms with van der Waals surface area (Å²) >= 11 is 0. The lowest BCUT2D eigenvalue weighted by Crippen LogP contribution is -2.38. The molecule has 1 heterocycles. The highest BCUT2D eigenvalue weighted by Crippen LogP contribution is 2.17. The number of sulfone groups is 1. The van der Waals surface area contributed by atoms with Gasteiger partial charge < -0.3 is 5.32 Å². The smallest absolute Gasteiger partial charge is 0.221 e. The second kappa shape index (κ2) is 7.04. The predicted octanol–water partition coefficient (Wildman–Crippen LogP) is 0.596. The number of nitrogens with zero attached hydrogens (tertiary/aromatic N) is 1. The number of benzene rings is 1.